The minimum Gasteiger partial charge on any atom is -0.379 e. The Bertz CT molecular complexity index is 1250. The highest BCUT2D eigenvalue weighted by Gasteiger charge is 2.29. The lowest BCUT2D eigenvalue weighted by atomic mass is 10.2. The second-order valence-corrected chi connectivity index (χ2v) is 12.4. The molecule has 0 aliphatic carbocycles. The smallest absolute Gasteiger partial charge is 0.255 e. The number of nitrogens with zero attached hydrogens (tertiary/aromatic N) is 2. The molecule has 1 atom stereocenters. The predicted molar refractivity (Wildman–Crippen MR) is 131 cm³/mol. The van der Waals surface area contributed by atoms with E-state index in [0.717, 1.165) is 0 Å². The third kappa shape index (κ3) is 5.30. The van der Waals surface area contributed by atoms with Crippen molar-refractivity contribution in [2.75, 3.05) is 57.9 Å². The van der Waals surface area contributed by atoms with Gasteiger partial charge in [-0.25, -0.2) is 16.9 Å². The van der Waals surface area contributed by atoms with E-state index in [9.17, 15) is 17.4 Å². The van der Waals surface area contributed by atoms with Gasteiger partial charge in [0.15, 0.2) is 0 Å². The van der Waals surface area contributed by atoms with Crippen LogP contribution in [0.4, 0.5) is 5.69 Å². The molecule has 4 rings (SSSR count). The Kier molecular flexibility index (Phi) is 7.63. The third-order valence-electron chi connectivity index (χ3n) is 5.65. The van der Waals surface area contributed by atoms with Gasteiger partial charge in [0.25, 0.3) is 5.91 Å². The van der Waals surface area contributed by atoms with Crippen LogP contribution in [0.5, 0.6) is 0 Å². The van der Waals surface area contributed by atoms with Crippen molar-refractivity contribution in [3.8, 4) is 0 Å². The number of carbonyl (C=O) groups is 1. The van der Waals surface area contributed by atoms with Gasteiger partial charge in [0.2, 0.25) is 10.0 Å². The van der Waals surface area contributed by atoms with Crippen LogP contribution in [0.1, 0.15) is 10.4 Å². The van der Waals surface area contributed by atoms with Gasteiger partial charge >= 0.3 is 0 Å². The van der Waals surface area contributed by atoms with Gasteiger partial charge in [-0.15, -0.1) is 0 Å². The molecular formula is C22H26ClN3O6S2. The Morgan fingerprint density at radius 3 is 2.03 bits per heavy atom. The van der Waals surface area contributed by atoms with Crippen LogP contribution >= 0.6 is 11.6 Å². The number of nitrogens with one attached hydrogen (secondary N) is 1. The van der Waals surface area contributed by atoms with E-state index in [1.54, 1.807) is 28.6 Å². The van der Waals surface area contributed by atoms with Crippen molar-refractivity contribution in [2.24, 2.45) is 0 Å². The van der Waals surface area contributed by atoms with E-state index in [1.165, 1.54) is 22.5 Å². The Morgan fingerprint density at radius 2 is 1.44 bits per heavy atom. The Balaban J connectivity index is 1.50. The number of benzene rings is 2. The van der Waals surface area contributed by atoms with E-state index < -0.39 is 25.6 Å². The number of rotatable bonds is 6. The highest BCUT2D eigenvalue weighted by Crippen LogP contribution is 2.28. The summed E-state index contributed by atoms with van der Waals surface area (Å²) in [5, 5.41) is 2.77. The Morgan fingerprint density at radius 1 is 0.882 bits per heavy atom. The van der Waals surface area contributed by atoms with Crippen LogP contribution in [0.3, 0.4) is 0 Å². The maximum Gasteiger partial charge on any atom is 0.255 e. The Hall–Kier alpha value is -1.99. The van der Waals surface area contributed by atoms with Crippen LogP contribution in [0.2, 0.25) is 5.02 Å². The molecule has 0 bridgehead atoms. The standard InChI is InChI=1S/C22H26ClN3O6S2/c1-33(28,25-8-12-31-13-9-25)19-5-2-17(3-6-19)22(27)24-18-4-7-20(23)21(16-18)34(29,30)26-10-14-32-15-11-26/h2-7,16H,1,8-15H2,(H,24,27). The van der Waals surface area contributed by atoms with Gasteiger partial charge in [-0.2, -0.15) is 4.31 Å². The number of morpholine rings is 2. The van der Waals surface area contributed by atoms with E-state index in [0.29, 0.717) is 55.7 Å². The van der Waals surface area contributed by atoms with Crippen molar-refractivity contribution in [1.29, 1.82) is 0 Å². The second-order valence-electron chi connectivity index (χ2n) is 7.82. The van der Waals surface area contributed by atoms with E-state index in [-0.39, 0.29) is 23.0 Å². The lowest BCUT2D eigenvalue weighted by Crippen LogP contribution is -2.40. The number of ether oxygens (including phenoxy) is 2. The van der Waals surface area contributed by atoms with Gasteiger partial charge < -0.3 is 14.8 Å². The largest absolute Gasteiger partial charge is 0.379 e. The van der Waals surface area contributed by atoms with Gasteiger partial charge in [0.1, 0.15) is 4.90 Å². The summed E-state index contributed by atoms with van der Waals surface area (Å²) < 4.78 is 52.8. The van der Waals surface area contributed by atoms with Gasteiger partial charge in [-0.3, -0.25) is 4.79 Å². The van der Waals surface area contributed by atoms with Crippen molar-refractivity contribution in [3.63, 3.8) is 0 Å². The molecule has 2 aliphatic rings. The van der Waals surface area contributed by atoms with Crippen LogP contribution in [0.15, 0.2) is 52.3 Å². The molecule has 34 heavy (non-hydrogen) atoms. The normalized spacial score (nSPS) is 19.9. The van der Waals surface area contributed by atoms with Crippen molar-refractivity contribution < 1.29 is 26.9 Å². The molecule has 1 amide bonds. The van der Waals surface area contributed by atoms with Gasteiger partial charge in [-0.1, -0.05) is 11.6 Å². The first-order valence-corrected chi connectivity index (χ1v) is 14.2. The maximum absolute atomic E-state index is 13.2. The van der Waals surface area contributed by atoms with Crippen LogP contribution in [0.25, 0.3) is 0 Å². The summed E-state index contributed by atoms with van der Waals surface area (Å²) in [4.78, 5) is 13.2. The number of hydrogen-bond acceptors (Lipinski definition) is 6. The summed E-state index contributed by atoms with van der Waals surface area (Å²) in [5.41, 5.74) is 0.619. The minimum atomic E-state index is -3.83. The lowest BCUT2D eigenvalue weighted by Gasteiger charge is -2.29. The second kappa shape index (κ2) is 10.3. The first kappa shape index (κ1) is 25.1. The SMILES string of the molecule is C=S(=O)(c1ccc(C(=O)Nc2ccc(Cl)c(S(=O)(=O)N3CCOCC3)c2)cc1)N1CCOCC1. The molecular weight excluding hydrogens is 502 g/mol. The molecule has 0 saturated carbocycles. The monoisotopic (exact) mass is 527 g/mol. The first-order valence-electron chi connectivity index (χ1n) is 10.7. The molecule has 12 heteroatoms. The molecule has 0 radical (unpaired) electrons. The van der Waals surface area contributed by atoms with Crippen LogP contribution in [-0.4, -0.2) is 85.6 Å². The molecule has 2 aromatic rings. The molecule has 2 aromatic carbocycles. The summed E-state index contributed by atoms with van der Waals surface area (Å²) >= 11 is 6.18. The average Bonchev–Trinajstić information content (AvgIpc) is 2.86. The van der Waals surface area contributed by atoms with Crippen molar-refractivity contribution >= 4 is 48.8 Å². The fraction of sp³-hybridized carbons (Fsp3) is 0.364. The quantitative estimate of drug-likeness (QED) is 0.576. The number of sulfonamides is 1. The zero-order chi connectivity index (χ0) is 24.3. The number of carbonyl (C=O) groups excluding carboxylic acids is 1. The molecule has 184 valence electrons. The van der Waals surface area contributed by atoms with Crippen molar-refractivity contribution in [1.82, 2.24) is 8.61 Å². The Labute approximate surface area is 204 Å². The maximum atomic E-state index is 13.2. The van der Waals surface area contributed by atoms with Gasteiger partial charge in [-0.05, 0) is 48.3 Å². The lowest BCUT2D eigenvalue weighted by molar-refractivity contribution is 0.0730. The van der Waals surface area contributed by atoms with Gasteiger partial charge in [0, 0.05) is 42.3 Å². The van der Waals surface area contributed by atoms with Crippen LogP contribution in [-0.2, 0) is 29.2 Å². The van der Waals surface area contributed by atoms with E-state index in [4.69, 9.17) is 21.1 Å². The molecule has 1 N–H and O–H groups in total. The van der Waals surface area contributed by atoms with Gasteiger partial charge in [0.05, 0.1) is 41.2 Å². The van der Waals surface area contributed by atoms with Crippen LogP contribution in [0, 0.1) is 0 Å². The third-order valence-corrected chi connectivity index (χ3v) is 10.2. The number of hydrogen-bond donors (Lipinski definition) is 1. The molecule has 2 fully saturated rings. The molecule has 2 saturated heterocycles. The number of anilines is 1. The summed E-state index contributed by atoms with van der Waals surface area (Å²) in [5.74, 6) is 3.46. The van der Waals surface area contributed by atoms with Crippen molar-refractivity contribution in [2.45, 2.75) is 9.79 Å². The fourth-order valence-electron chi connectivity index (χ4n) is 3.72. The zero-order valence-corrected chi connectivity index (χ0v) is 20.8. The number of halogens is 1. The number of amides is 1. The van der Waals surface area contributed by atoms with Crippen molar-refractivity contribution in [3.05, 3.63) is 53.1 Å². The minimum absolute atomic E-state index is 0.0714. The molecule has 0 spiro atoms. The zero-order valence-electron chi connectivity index (χ0n) is 18.4. The molecule has 2 aliphatic heterocycles. The topological polar surface area (TPSA) is 105 Å². The molecule has 1 unspecified atom stereocenters. The van der Waals surface area contributed by atoms with E-state index >= 15 is 0 Å². The van der Waals surface area contributed by atoms with E-state index in [2.05, 4.69) is 11.2 Å². The predicted octanol–water partition coefficient (Wildman–Crippen LogP) is 1.94. The summed E-state index contributed by atoms with van der Waals surface area (Å²) in [6.07, 6.45) is 0. The average molecular weight is 528 g/mol. The highest BCUT2D eigenvalue weighted by molar-refractivity contribution is 7.98. The summed E-state index contributed by atoms with van der Waals surface area (Å²) in [6.45, 7) is 3.15. The fourth-order valence-corrected chi connectivity index (χ4v) is 7.22. The molecule has 0 aromatic heterocycles. The summed E-state index contributed by atoms with van der Waals surface area (Å²) in [6, 6.07) is 10.7. The van der Waals surface area contributed by atoms with E-state index in [1.807, 2.05) is 0 Å². The summed E-state index contributed by atoms with van der Waals surface area (Å²) in [7, 11) is -6.50. The molecule has 9 nitrogen and oxygen atoms in total. The molecule has 2 heterocycles. The van der Waals surface area contributed by atoms with Crippen LogP contribution < -0.4 is 5.32 Å². The highest BCUT2D eigenvalue weighted by atomic mass is 35.5. The first-order chi connectivity index (χ1) is 16.2.